The molecule has 30 heavy (non-hydrogen) atoms. The fraction of sp³-hybridized carbons (Fsp3) is 0.125. The lowest BCUT2D eigenvalue weighted by Crippen LogP contribution is -2.30. The van der Waals surface area contributed by atoms with E-state index < -0.39 is 28.6 Å². The van der Waals surface area contributed by atoms with Gasteiger partial charge in [-0.25, -0.2) is 13.1 Å². The number of esters is 1. The molecule has 0 amide bonds. The SMILES string of the molecule is Cc1ccc(/C=C/S(=O)(=O)NCC(=O)OC2c3ccccc3-c3ccccc32)cc1. The number of hydrogen-bond acceptors (Lipinski definition) is 4. The van der Waals surface area contributed by atoms with E-state index in [4.69, 9.17) is 4.74 Å². The average Bonchev–Trinajstić information content (AvgIpc) is 3.06. The maximum Gasteiger partial charge on any atom is 0.321 e. The Morgan fingerprint density at radius 1 is 0.933 bits per heavy atom. The lowest BCUT2D eigenvalue weighted by atomic mass is 10.1. The van der Waals surface area contributed by atoms with Gasteiger partial charge < -0.3 is 4.74 Å². The van der Waals surface area contributed by atoms with E-state index >= 15 is 0 Å². The molecule has 3 aromatic rings. The van der Waals surface area contributed by atoms with Crippen LogP contribution in [-0.2, 0) is 19.6 Å². The molecule has 152 valence electrons. The van der Waals surface area contributed by atoms with E-state index in [2.05, 4.69) is 4.72 Å². The summed E-state index contributed by atoms with van der Waals surface area (Å²) >= 11 is 0. The van der Waals surface area contributed by atoms with E-state index in [-0.39, 0.29) is 0 Å². The molecular weight excluding hydrogens is 398 g/mol. The van der Waals surface area contributed by atoms with Crippen LogP contribution in [0.2, 0.25) is 0 Å². The van der Waals surface area contributed by atoms with Gasteiger partial charge in [-0.05, 0) is 29.7 Å². The Morgan fingerprint density at radius 2 is 1.50 bits per heavy atom. The minimum atomic E-state index is -3.77. The van der Waals surface area contributed by atoms with Crippen LogP contribution in [0.5, 0.6) is 0 Å². The highest BCUT2D eigenvalue weighted by Gasteiger charge is 2.31. The summed E-state index contributed by atoms with van der Waals surface area (Å²) in [4.78, 5) is 12.4. The molecule has 1 N–H and O–H groups in total. The zero-order valence-electron chi connectivity index (χ0n) is 16.4. The van der Waals surface area contributed by atoms with E-state index in [1.54, 1.807) is 0 Å². The third kappa shape index (κ3) is 4.35. The topological polar surface area (TPSA) is 72.5 Å². The summed E-state index contributed by atoms with van der Waals surface area (Å²) < 4.78 is 32.3. The highest BCUT2D eigenvalue weighted by atomic mass is 32.2. The first-order valence-corrected chi connectivity index (χ1v) is 11.1. The average molecular weight is 420 g/mol. The van der Waals surface area contributed by atoms with E-state index in [0.717, 1.165) is 38.8 Å². The number of benzene rings is 3. The predicted octanol–water partition coefficient (Wildman–Crippen LogP) is 4.20. The van der Waals surface area contributed by atoms with Crippen molar-refractivity contribution in [1.82, 2.24) is 4.72 Å². The lowest BCUT2D eigenvalue weighted by Gasteiger charge is -2.15. The van der Waals surface area contributed by atoms with Gasteiger partial charge in [0, 0.05) is 16.5 Å². The van der Waals surface area contributed by atoms with Gasteiger partial charge in [0.25, 0.3) is 0 Å². The maximum atomic E-state index is 12.4. The van der Waals surface area contributed by atoms with Crippen LogP contribution in [0.15, 0.2) is 78.2 Å². The molecule has 6 heteroatoms. The van der Waals surface area contributed by atoms with Gasteiger partial charge in [-0.15, -0.1) is 0 Å². The Balaban J connectivity index is 1.42. The number of fused-ring (bicyclic) bond motifs is 3. The summed E-state index contributed by atoms with van der Waals surface area (Å²) in [5.74, 6) is -0.640. The molecule has 1 aliphatic carbocycles. The summed E-state index contributed by atoms with van der Waals surface area (Å²) in [5, 5.41) is 1.05. The number of aryl methyl sites for hydroxylation is 1. The minimum absolute atomic E-state index is 0.443. The number of ether oxygens (including phenoxy) is 1. The van der Waals surface area contributed by atoms with Gasteiger partial charge in [0.1, 0.15) is 6.54 Å². The van der Waals surface area contributed by atoms with Crippen molar-refractivity contribution in [3.8, 4) is 11.1 Å². The summed E-state index contributed by atoms with van der Waals surface area (Å²) in [7, 11) is -3.77. The Labute approximate surface area is 176 Å². The van der Waals surface area contributed by atoms with Crippen molar-refractivity contribution in [2.45, 2.75) is 13.0 Å². The smallest absolute Gasteiger partial charge is 0.321 e. The van der Waals surface area contributed by atoms with Gasteiger partial charge >= 0.3 is 5.97 Å². The maximum absolute atomic E-state index is 12.4. The van der Waals surface area contributed by atoms with Crippen molar-refractivity contribution in [2.24, 2.45) is 0 Å². The Morgan fingerprint density at radius 3 is 2.10 bits per heavy atom. The van der Waals surface area contributed by atoms with Gasteiger partial charge in [-0.1, -0.05) is 78.4 Å². The molecule has 0 radical (unpaired) electrons. The number of hydrogen-bond donors (Lipinski definition) is 1. The Bertz CT molecular complexity index is 1170. The van der Waals surface area contributed by atoms with Crippen LogP contribution >= 0.6 is 0 Å². The quantitative estimate of drug-likeness (QED) is 0.608. The molecule has 0 saturated carbocycles. The fourth-order valence-corrected chi connectivity index (χ4v) is 4.21. The second-order valence-corrected chi connectivity index (χ2v) is 8.77. The van der Waals surface area contributed by atoms with E-state index in [1.807, 2.05) is 79.7 Å². The molecule has 1 aliphatic rings. The van der Waals surface area contributed by atoms with Crippen molar-refractivity contribution in [3.05, 3.63) is 100 Å². The molecular formula is C24H21NO4S. The number of rotatable bonds is 6. The molecule has 0 heterocycles. The Kier molecular flexibility index (Phi) is 5.53. The molecule has 0 spiro atoms. The summed E-state index contributed by atoms with van der Waals surface area (Å²) in [6, 6.07) is 22.9. The minimum Gasteiger partial charge on any atom is -0.452 e. The first kappa shape index (κ1) is 20.1. The van der Waals surface area contributed by atoms with Gasteiger partial charge in [-0.3, -0.25) is 4.79 Å². The first-order chi connectivity index (χ1) is 14.4. The van der Waals surface area contributed by atoms with Crippen LogP contribution in [0.25, 0.3) is 17.2 Å². The first-order valence-electron chi connectivity index (χ1n) is 9.55. The van der Waals surface area contributed by atoms with Crippen LogP contribution < -0.4 is 4.72 Å². The third-order valence-corrected chi connectivity index (χ3v) is 6.00. The van der Waals surface area contributed by atoms with Crippen molar-refractivity contribution in [1.29, 1.82) is 0 Å². The molecule has 0 saturated heterocycles. The highest BCUT2D eigenvalue weighted by molar-refractivity contribution is 7.92. The second-order valence-electron chi connectivity index (χ2n) is 7.12. The normalized spacial score (nSPS) is 13.2. The molecule has 3 aromatic carbocycles. The second kappa shape index (κ2) is 8.26. The molecule has 4 rings (SSSR count). The van der Waals surface area contributed by atoms with Crippen molar-refractivity contribution < 1.29 is 17.9 Å². The number of sulfonamides is 1. The van der Waals surface area contributed by atoms with Crippen molar-refractivity contribution in [2.75, 3.05) is 6.54 Å². The number of carbonyl (C=O) groups excluding carboxylic acids is 1. The van der Waals surface area contributed by atoms with Crippen LogP contribution in [0.3, 0.4) is 0 Å². The standard InChI is InChI=1S/C24H21NO4S/c1-17-10-12-18(13-11-17)14-15-30(27,28)25-16-23(26)29-24-21-8-4-2-6-19(21)20-7-3-5-9-22(20)24/h2-15,24-25H,16H2,1H3/b15-14+. The molecule has 0 aromatic heterocycles. The van der Waals surface area contributed by atoms with E-state index in [1.165, 1.54) is 6.08 Å². The van der Waals surface area contributed by atoms with E-state index in [9.17, 15) is 13.2 Å². The predicted molar refractivity (Wildman–Crippen MR) is 117 cm³/mol. The molecule has 0 unspecified atom stereocenters. The monoisotopic (exact) mass is 419 g/mol. The van der Waals surface area contributed by atoms with E-state index in [0.29, 0.717) is 0 Å². The number of carbonyl (C=O) groups is 1. The van der Waals surface area contributed by atoms with Gasteiger partial charge in [-0.2, -0.15) is 0 Å². The molecule has 5 nitrogen and oxygen atoms in total. The molecule has 0 fully saturated rings. The van der Waals surface area contributed by atoms with Crippen LogP contribution in [0.1, 0.15) is 28.4 Å². The fourth-order valence-electron chi connectivity index (χ4n) is 3.46. The summed E-state index contributed by atoms with van der Waals surface area (Å²) in [6.45, 7) is 1.51. The lowest BCUT2D eigenvalue weighted by molar-refractivity contribution is -0.145. The molecule has 0 aliphatic heterocycles. The summed E-state index contributed by atoms with van der Waals surface area (Å²) in [6.07, 6.45) is 0.939. The van der Waals surface area contributed by atoms with Gasteiger partial charge in [0.15, 0.2) is 6.10 Å². The highest BCUT2D eigenvalue weighted by Crippen LogP contribution is 2.44. The third-order valence-electron chi connectivity index (χ3n) is 4.96. The van der Waals surface area contributed by atoms with Gasteiger partial charge in [0.05, 0.1) is 0 Å². The molecule has 0 bridgehead atoms. The van der Waals surface area contributed by atoms with Crippen molar-refractivity contribution in [3.63, 3.8) is 0 Å². The van der Waals surface area contributed by atoms with Crippen LogP contribution in [0.4, 0.5) is 0 Å². The Hall–Kier alpha value is -3.22. The zero-order chi connectivity index (χ0) is 21.1. The number of nitrogens with one attached hydrogen (secondary N) is 1. The largest absolute Gasteiger partial charge is 0.452 e. The van der Waals surface area contributed by atoms with Crippen LogP contribution in [0, 0.1) is 6.92 Å². The zero-order valence-corrected chi connectivity index (χ0v) is 17.2. The van der Waals surface area contributed by atoms with Crippen molar-refractivity contribution >= 4 is 22.1 Å². The molecule has 0 atom stereocenters. The van der Waals surface area contributed by atoms with Gasteiger partial charge in [0.2, 0.25) is 10.0 Å². The van der Waals surface area contributed by atoms with Crippen LogP contribution in [-0.4, -0.2) is 20.9 Å². The summed E-state index contributed by atoms with van der Waals surface area (Å²) in [5.41, 5.74) is 5.68.